The molecule has 7 nitrogen and oxygen atoms in total. The molecule has 0 saturated heterocycles. The predicted octanol–water partition coefficient (Wildman–Crippen LogP) is 1.61. The lowest BCUT2D eigenvalue weighted by Crippen LogP contribution is -2.25. The summed E-state index contributed by atoms with van der Waals surface area (Å²) < 4.78 is 5.26. The van der Waals surface area contributed by atoms with Gasteiger partial charge in [0.1, 0.15) is 5.75 Å². The van der Waals surface area contributed by atoms with E-state index < -0.39 is 0 Å². The van der Waals surface area contributed by atoms with Crippen molar-refractivity contribution in [2.45, 2.75) is 13.8 Å². The number of hydrogen-bond acceptors (Lipinski definition) is 4. The first-order chi connectivity index (χ1) is 10.0. The van der Waals surface area contributed by atoms with Crippen molar-refractivity contribution in [1.29, 1.82) is 0 Å². The number of H-pyrrole nitrogens is 1. The van der Waals surface area contributed by atoms with E-state index >= 15 is 0 Å². The third-order valence-electron chi connectivity index (χ3n) is 3.24. The van der Waals surface area contributed by atoms with Crippen molar-refractivity contribution in [2.75, 3.05) is 17.2 Å². The third kappa shape index (κ3) is 2.45. The molecule has 0 fully saturated rings. The fourth-order valence-electron chi connectivity index (χ4n) is 2.15. The Morgan fingerprint density at radius 2 is 2.19 bits per heavy atom. The van der Waals surface area contributed by atoms with Gasteiger partial charge in [-0.05, 0) is 32.0 Å². The first-order valence-corrected chi connectivity index (χ1v) is 6.44. The Morgan fingerprint density at radius 1 is 1.38 bits per heavy atom. The van der Waals surface area contributed by atoms with Crippen LogP contribution in [0.2, 0.25) is 0 Å². The summed E-state index contributed by atoms with van der Waals surface area (Å²) in [5, 5.41) is 12.3. The Kier molecular flexibility index (Phi) is 3.09. The van der Waals surface area contributed by atoms with Gasteiger partial charge in [0.15, 0.2) is 6.61 Å². The number of benzene rings is 1. The summed E-state index contributed by atoms with van der Waals surface area (Å²) in [4.78, 5) is 23.6. The molecule has 3 rings (SSSR count). The first kappa shape index (κ1) is 13.2. The summed E-state index contributed by atoms with van der Waals surface area (Å²) in [6.07, 6.45) is 0. The molecule has 2 heterocycles. The number of ether oxygens (including phenoxy) is 1. The smallest absolute Gasteiger partial charge is 0.262 e. The molecule has 108 valence electrons. The van der Waals surface area contributed by atoms with Crippen LogP contribution in [-0.4, -0.2) is 28.6 Å². The lowest BCUT2D eigenvalue weighted by atomic mass is 10.1. The van der Waals surface area contributed by atoms with Crippen molar-refractivity contribution in [3.63, 3.8) is 0 Å². The largest absolute Gasteiger partial charge is 0.482 e. The zero-order valence-electron chi connectivity index (χ0n) is 11.6. The van der Waals surface area contributed by atoms with Gasteiger partial charge in [-0.1, -0.05) is 0 Å². The minimum Gasteiger partial charge on any atom is -0.482 e. The first-order valence-electron chi connectivity index (χ1n) is 6.44. The molecule has 7 heteroatoms. The molecule has 21 heavy (non-hydrogen) atoms. The van der Waals surface area contributed by atoms with Crippen LogP contribution in [0.15, 0.2) is 18.2 Å². The number of fused-ring (bicyclic) bond motifs is 1. The van der Waals surface area contributed by atoms with Crippen molar-refractivity contribution in [2.24, 2.45) is 0 Å². The second-order valence-electron chi connectivity index (χ2n) is 4.81. The van der Waals surface area contributed by atoms with E-state index in [-0.39, 0.29) is 18.4 Å². The van der Waals surface area contributed by atoms with Gasteiger partial charge in [0.05, 0.1) is 22.8 Å². The number of anilines is 2. The maximum atomic E-state index is 12.3. The SMILES string of the molecule is Cc1n[nH]c(C)c1NC(=O)c1ccc2c(c1)NC(=O)CO2. The number of aromatic nitrogens is 2. The highest BCUT2D eigenvalue weighted by molar-refractivity contribution is 6.06. The van der Waals surface area contributed by atoms with E-state index in [9.17, 15) is 9.59 Å². The van der Waals surface area contributed by atoms with Crippen molar-refractivity contribution >= 4 is 23.2 Å². The Labute approximate surface area is 120 Å². The summed E-state index contributed by atoms with van der Waals surface area (Å²) >= 11 is 0. The van der Waals surface area contributed by atoms with Gasteiger partial charge in [-0.3, -0.25) is 14.7 Å². The van der Waals surface area contributed by atoms with E-state index in [1.807, 2.05) is 6.92 Å². The van der Waals surface area contributed by atoms with Crippen LogP contribution in [0.5, 0.6) is 5.75 Å². The Balaban J connectivity index is 1.85. The molecule has 0 spiro atoms. The van der Waals surface area contributed by atoms with Gasteiger partial charge in [-0.15, -0.1) is 0 Å². The average Bonchev–Trinajstić information content (AvgIpc) is 2.78. The number of aromatic amines is 1. The van der Waals surface area contributed by atoms with Crippen LogP contribution >= 0.6 is 0 Å². The number of rotatable bonds is 2. The van der Waals surface area contributed by atoms with E-state index in [4.69, 9.17) is 4.74 Å². The van der Waals surface area contributed by atoms with Gasteiger partial charge in [0.25, 0.3) is 11.8 Å². The minimum absolute atomic E-state index is 0.00798. The van der Waals surface area contributed by atoms with Gasteiger partial charge in [0, 0.05) is 5.56 Å². The standard InChI is InChI=1S/C14H14N4O3/c1-7-13(8(2)18-17-7)16-14(20)9-3-4-11-10(5-9)15-12(19)6-21-11/h3-5H,6H2,1-2H3,(H,15,19)(H,16,20)(H,17,18). The number of nitrogens with one attached hydrogen (secondary N) is 3. The van der Waals surface area contributed by atoms with Gasteiger partial charge in [-0.2, -0.15) is 5.10 Å². The molecule has 2 aromatic rings. The van der Waals surface area contributed by atoms with Gasteiger partial charge >= 0.3 is 0 Å². The van der Waals surface area contributed by atoms with E-state index in [2.05, 4.69) is 20.8 Å². The van der Waals surface area contributed by atoms with Gasteiger partial charge in [0.2, 0.25) is 0 Å². The number of amides is 2. The molecule has 1 aromatic heterocycles. The number of aryl methyl sites for hydroxylation is 2. The summed E-state index contributed by atoms with van der Waals surface area (Å²) in [6, 6.07) is 4.90. The maximum Gasteiger partial charge on any atom is 0.262 e. The zero-order valence-corrected chi connectivity index (χ0v) is 11.6. The van der Waals surface area contributed by atoms with E-state index in [0.29, 0.717) is 22.7 Å². The molecule has 0 bridgehead atoms. The Hall–Kier alpha value is -2.83. The molecule has 0 saturated carbocycles. The van der Waals surface area contributed by atoms with Crippen molar-refractivity contribution < 1.29 is 14.3 Å². The highest BCUT2D eigenvalue weighted by atomic mass is 16.5. The molecule has 3 N–H and O–H groups in total. The molecule has 0 radical (unpaired) electrons. The van der Waals surface area contributed by atoms with E-state index in [0.717, 1.165) is 11.4 Å². The van der Waals surface area contributed by atoms with E-state index in [1.165, 1.54) is 0 Å². The number of carbonyl (C=O) groups excluding carboxylic acids is 2. The summed E-state index contributed by atoms with van der Waals surface area (Å²) in [6.45, 7) is 3.63. The van der Waals surface area contributed by atoms with Crippen molar-refractivity contribution in [1.82, 2.24) is 10.2 Å². The molecular formula is C14H14N4O3. The zero-order chi connectivity index (χ0) is 15.0. The third-order valence-corrected chi connectivity index (χ3v) is 3.24. The van der Waals surface area contributed by atoms with E-state index in [1.54, 1.807) is 25.1 Å². The second kappa shape index (κ2) is 4.93. The Bertz CT molecular complexity index is 716. The highest BCUT2D eigenvalue weighted by Gasteiger charge is 2.18. The monoisotopic (exact) mass is 286 g/mol. The molecule has 2 amide bonds. The van der Waals surface area contributed by atoms with Crippen molar-refractivity contribution in [3.05, 3.63) is 35.2 Å². The van der Waals surface area contributed by atoms with Crippen LogP contribution in [0.3, 0.4) is 0 Å². The maximum absolute atomic E-state index is 12.3. The molecule has 1 aromatic carbocycles. The van der Waals surface area contributed by atoms with Crippen LogP contribution in [-0.2, 0) is 4.79 Å². The van der Waals surface area contributed by atoms with Gasteiger partial charge in [-0.25, -0.2) is 0 Å². The molecular weight excluding hydrogens is 272 g/mol. The normalized spacial score (nSPS) is 13.1. The Morgan fingerprint density at radius 3 is 2.90 bits per heavy atom. The quantitative estimate of drug-likeness (QED) is 0.781. The lowest BCUT2D eigenvalue weighted by Gasteiger charge is -2.18. The molecule has 0 atom stereocenters. The van der Waals surface area contributed by atoms with Crippen LogP contribution in [0.4, 0.5) is 11.4 Å². The van der Waals surface area contributed by atoms with Crippen LogP contribution in [0.25, 0.3) is 0 Å². The fraction of sp³-hybridized carbons (Fsp3) is 0.214. The lowest BCUT2D eigenvalue weighted by molar-refractivity contribution is -0.118. The van der Waals surface area contributed by atoms with Gasteiger partial charge < -0.3 is 15.4 Å². The van der Waals surface area contributed by atoms with Crippen LogP contribution in [0, 0.1) is 13.8 Å². The summed E-state index contributed by atoms with van der Waals surface area (Å²) in [7, 11) is 0. The molecule has 0 unspecified atom stereocenters. The fourth-order valence-corrected chi connectivity index (χ4v) is 2.15. The summed E-state index contributed by atoms with van der Waals surface area (Å²) in [5.74, 6) is 0.0497. The van der Waals surface area contributed by atoms with Crippen LogP contribution in [0.1, 0.15) is 21.7 Å². The molecule has 0 aliphatic carbocycles. The van der Waals surface area contributed by atoms with Crippen molar-refractivity contribution in [3.8, 4) is 5.75 Å². The molecule has 1 aliphatic heterocycles. The minimum atomic E-state index is -0.273. The topological polar surface area (TPSA) is 96.1 Å². The predicted molar refractivity (Wildman–Crippen MR) is 76.6 cm³/mol. The average molecular weight is 286 g/mol. The number of hydrogen-bond donors (Lipinski definition) is 3. The second-order valence-corrected chi connectivity index (χ2v) is 4.81. The number of carbonyl (C=O) groups is 2. The number of nitrogens with zero attached hydrogens (tertiary/aromatic N) is 1. The molecule has 1 aliphatic rings. The van der Waals surface area contributed by atoms with Crippen LogP contribution < -0.4 is 15.4 Å². The highest BCUT2D eigenvalue weighted by Crippen LogP contribution is 2.29. The summed E-state index contributed by atoms with van der Waals surface area (Å²) in [5.41, 5.74) is 3.10.